The van der Waals surface area contributed by atoms with Crippen LogP contribution in [0.3, 0.4) is 0 Å². The fourth-order valence-corrected chi connectivity index (χ4v) is 3.03. The quantitative estimate of drug-likeness (QED) is 0.935. The van der Waals surface area contributed by atoms with E-state index < -0.39 is 10.0 Å². The third kappa shape index (κ3) is 2.78. The van der Waals surface area contributed by atoms with Gasteiger partial charge in [0.1, 0.15) is 11.0 Å². The average molecular weight is 287 g/mol. The number of rotatable bonds is 4. The number of nitriles is 1. The number of aromatic nitrogens is 1. The molecule has 0 spiro atoms. The van der Waals surface area contributed by atoms with Gasteiger partial charge in [0, 0.05) is 6.20 Å². The lowest BCUT2D eigenvalue weighted by atomic mass is 10.1. The first-order valence-corrected chi connectivity index (χ1v) is 7.52. The number of benzene rings is 1. The molecule has 0 saturated heterocycles. The van der Waals surface area contributed by atoms with E-state index in [0.29, 0.717) is 12.1 Å². The maximum Gasteiger partial charge on any atom is 0.264 e. The molecule has 0 fully saturated rings. The largest absolute Gasteiger partial charge is 0.279 e. The summed E-state index contributed by atoms with van der Waals surface area (Å²) in [6, 6.07) is 11.8. The van der Waals surface area contributed by atoms with Crippen molar-refractivity contribution in [2.75, 3.05) is 4.72 Å². The SMILES string of the molecule is CCc1ccccc1NS(=O)(=O)c1cccnc1C#N. The van der Waals surface area contributed by atoms with Crippen LogP contribution in [0, 0.1) is 11.3 Å². The van der Waals surface area contributed by atoms with Crippen molar-refractivity contribution in [1.29, 1.82) is 5.26 Å². The molecular formula is C14H13N3O2S. The number of nitrogens with one attached hydrogen (secondary N) is 1. The maximum absolute atomic E-state index is 12.3. The highest BCUT2D eigenvalue weighted by atomic mass is 32.2. The first-order valence-electron chi connectivity index (χ1n) is 6.04. The Kier molecular flexibility index (Phi) is 4.01. The Labute approximate surface area is 118 Å². The molecule has 0 bridgehead atoms. The molecule has 0 atom stereocenters. The standard InChI is InChI=1S/C14H13N3O2S/c1-2-11-6-3-4-7-12(11)17-20(18,19)14-8-5-9-16-13(14)10-15/h3-9,17H,2H2,1H3. The molecule has 0 amide bonds. The van der Waals surface area contributed by atoms with Gasteiger partial charge in [0.2, 0.25) is 0 Å². The minimum Gasteiger partial charge on any atom is -0.279 e. The molecule has 1 aromatic carbocycles. The van der Waals surface area contributed by atoms with E-state index in [4.69, 9.17) is 5.26 Å². The summed E-state index contributed by atoms with van der Waals surface area (Å²) in [6.45, 7) is 1.94. The lowest BCUT2D eigenvalue weighted by Crippen LogP contribution is -2.16. The van der Waals surface area contributed by atoms with Crippen LogP contribution in [0.5, 0.6) is 0 Å². The van der Waals surface area contributed by atoms with Crippen molar-refractivity contribution in [2.24, 2.45) is 0 Å². The van der Waals surface area contributed by atoms with E-state index in [1.165, 1.54) is 18.3 Å². The van der Waals surface area contributed by atoms with Crippen LogP contribution in [0.25, 0.3) is 0 Å². The summed E-state index contributed by atoms with van der Waals surface area (Å²) in [7, 11) is -3.82. The maximum atomic E-state index is 12.3. The van der Waals surface area contributed by atoms with Gasteiger partial charge in [0.15, 0.2) is 5.69 Å². The van der Waals surface area contributed by atoms with Gasteiger partial charge in [-0.15, -0.1) is 0 Å². The molecular weight excluding hydrogens is 274 g/mol. The van der Waals surface area contributed by atoms with Crippen molar-refractivity contribution in [3.8, 4) is 6.07 Å². The van der Waals surface area contributed by atoms with E-state index in [9.17, 15) is 8.42 Å². The van der Waals surface area contributed by atoms with Crippen LogP contribution in [0.15, 0.2) is 47.5 Å². The molecule has 2 rings (SSSR count). The van der Waals surface area contributed by atoms with Crippen molar-refractivity contribution in [3.05, 3.63) is 53.9 Å². The number of para-hydroxylation sites is 1. The van der Waals surface area contributed by atoms with Crippen molar-refractivity contribution < 1.29 is 8.42 Å². The molecule has 0 aliphatic carbocycles. The molecule has 0 aliphatic rings. The van der Waals surface area contributed by atoms with Crippen molar-refractivity contribution in [3.63, 3.8) is 0 Å². The predicted octanol–water partition coefficient (Wildman–Crippen LogP) is 2.32. The van der Waals surface area contributed by atoms with Crippen LogP contribution in [0.4, 0.5) is 5.69 Å². The first-order chi connectivity index (χ1) is 9.58. The zero-order valence-corrected chi connectivity index (χ0v) is 11.7. The van der Waals surface area contributed by atoms with Crippen molar-refractivity contribution in [2.45, 2.75) is 18.2 Å². The van der Waals surface area contributed by atoms with Gasteiger partial charge in [-0.05, 0) is 30.2 Å². The Balaban J connectivity index is 2.44. The fourth-order valence-electron chi connectivity index (χ4n) is 1.82. The van der Waals surface area contributed by atoms with E-state index in [1.54, 1.807) is 18.2 Å². The van der Waals surface area contributed by atoms with Gasteiger partial charge < -0.3 is 0 Å². The smallest absolute Gasteiger partial charge is 0.264 e. The number of hydrogen-bond donors (Lipinski definition) is 1. The Morgan fingerprint density at radius 1 is 1.25 bits per heavy atom. The highest BCUT2D eigenvalue weighted by molar-refractivity contribution is 7.92. The Morgan fingerprint density at radius 2 is 2.00 bits per heavy atom. The van der Waals surface area contributed by atoms with E-state index >= 15 is 0 Å². The van der Waals surface area contributed by atoms with Crippen LogP contribution in [-0.2, 0) is 16.4 Å². The Morgan fingerprint density at radius 3 is 2.70 bits per heavy atom. The third-order valence-corrected chi connectivity index (χ3v) is 4.21. The van der Waals surface area contributed by atoms with Gasteiger partial charge >= 0.3 is 0 Å². The highest BCUT2D eigenvalue weighted by Gasteiger charge is 2.20. The van der Waals surface area contributed by atoms with Gasteiger partial charge in [-0.3, -0.25) is 4.72 Å². The number of sulfonamides is 1. The molecule has 6 heteroatoms. The minimum atomic E-state index is -3.82. The van der Waals surface area contributed by atoms with E-state index in [2.05, 4.69) is 9.71 Å². The van der Waals surface area contributed by atoms with Gasteiger partial charge in [0.05, 0.1) is 5.69 Å². The fraction of sp³-hybridized carbons (Fsp3) is 0.143. The second-order valence-electron chi connectivity index (χ2n) is 4.08. The van der Waals surface area contributed by atoms with Crippen LogP contribution >= 0.6 is 0 Å². The van der Waals surface area contributed by atoms with Crippen molar-refractivity contribution >= 4 is 15.7 Å². The van der Waals surface area contributed by atoms with E-state index in [1.807, 2.05) is 19.1 Å². The molecule has 0 radical (unpaired) electrons. The molecule has 1 N–H and O–H groups in total. The number of anilines is 1. The lowest BCUT2D eigenvalue weighted by molar-refractivity contribution is 0.600. The zero-order valence-electron chi connectivity index (χ0n) is 10.9. The molecule has 20 heavy (non-hydrogen) atoms. The summed E-state index contributed by atoms with van der Waals surface area (Å²) in [5, 5.41) is 8.94. The lowest BCUT2D eigenvalue weighted by Gasteiger charge is -2.11. The highest BCUT2D eigenvalue weighted by Crippen LogP contribution is 2.21. The summed E-state index contributed by atoms with van der Waals surface area (Å²) in [6.07, 6.45) is 2.09. The minimum absolute atomic E-state index is 0.117. The molecule has 0 unspecified atom stereocenters. The van der Waals surface area contributed by atoms with Gasteiger partial charge in [-0.25, -0.2) is 13.4 Å². The van der Waals surface area contributed by atoms with Gasteiger partial charge in [-0.1, -0.05) is 25.1 Å². The first kappa shape index (κ1) is 14.0. The summed E-state index contributed by atoms with van der Waals surface area (Å²) in [5.41, 5.74) is 1.29. The summed E-state index contributed by atoms with van der Waals surface area (Å²) in [5.74, 6) is 0. The monoisotopic (exact) mass is 287 g/mol. The predicted molar refractivity (Wildman–Crippen MR) is 75.6 cm³/mol. The molecule has 5 nitrogen and oxygen atoms in total. The average Bonchev–Trinajstić information content (AvgIpc) is 2.47. The van der Waals surface area contributed by atoms with E-state index in [-0.39, 0.29) is 10.6 Å². The molecule has 2 aromatic rings. The summed E-state index contributed by atoms with van der Waals surface area (Å²) < 4.78 is 27.2. The molecule has 102 valence electrons. The number of aryl methyl sites for hydroxylation is 1. The Bertz CT molecular complexity index is 764. The Hall–Kier alpha value is -2.39. The molecule has 1 heterocycles. The van der Waals surface area contributed by atoms with E-state index in [0.717, 1.165) is 5.56 Å². The molecule has 1 aromatic heterocycles. The van der Waals surface area contributed by atoms with Crippen LogP contribution in [-0.4, -0.2) is 13.4 Å². The number of hydrogen-bond acceptors (Lipinski definition) is 4. The molecule has 0 saturated carbocycles. The number of nitrogens with zero attached hydrogens (tertiary/aromatic N) is 2. The van der Waals surface area contributed by atoms with Crippen molar-refractivity contribution in [1.82, 2.24) is 4.98 Å². The van der Waals surface area contributed by atoms with Gasteiger partial charge in [-0.2, -0.15) is 5.26 Å². The molecule has 0 aliphatic heterocycles. The second-order valence-corrected chi connectivity index (χ2v) is 5.73. The summed E-state index contributed by atoms with van der Waals surface area (Å²) >= 11 is 0. The number of pyridine rings is 1. The summed E-state index contributed by atoms with van der Waals surface area (Å²) in [4.78, 5) is 3.65. The van der Waals surface area contributed by atoms with Crippen LogP contribution < -0.4 is 4.72 Å². The zero-order chi connectivity index (χ0) is 14.6. The van der Waals surface area contributed by atoms with Crippen LogP contribution in [0.2, 0.25) is 0 Å². The van der Waals surface area contributed by atoms with Crippen LogP contribution in [0.1, 0.15) is 18.2 Å². The third-order valence-electron chi connectivity index (χ3n) is 2.81. The normalized spacial score (nSPS) is 10.8. The topological polar surface area (TPSA) is 82.8 Å². The second kappa shape index (κ2) is 5.72. The van der Waals surface area contributed by atoms with Gasteiger partial charge in [0.25, 0.3) is 10.0 Å².